The normalized spacial score (nSPS) is 18.0. The second kappa shape index (κ2) is 7.19. The molecule has 0 aliphatic carbocycles. The van der Waals surface area contributed by atoms with Gasteiger partial charge in [0.2, 0.25) is 0 Å². The molecule has 1 aliphatic rings. The molecule has 0 aromatic carbocycles. The van der Waals surface area contributed by atoms with E-state index in [2.05, 4.69) is 9.97 Å². The van der Waals surface area contributed by atoms with Crippen molar-refractivity contribution in [1.82, 2.24) is 14.9 Å². The summed E-state index contributed by atoms with van der Waals surface area (Å²) in [6.07, 6.45) is 7.62. The summed E-state index contributed by atoms with van der Waals surface area (Å²) in [7, 11) is 3.29. The minimum absolute atomic E-state index is 0.0695. The molecule has 0 bridgehead atoms. The summed E-state index contributed by atoms with van der Waals surface area (Å²) in [5.74, 6) is -0.0695. The Hall–Kier alpha value is -1.69. The molecule has 1 atom stereocenters. The van der Waals surface area contributed by atoms with Crippen molar-refractivity contribution in [3.8, 4) is 6.01 Å². The average Bonchev–Trinajstić information content (AvgIpc) is 2.99. The molecule has 1 aromatic rings. The molecular formula is C14H21N3O3. The van der Waals surface area contributed by atoms with Crippen LogP contribution in [-0.2, 0) is 4.74 Å². The Morgan fingerprint density at radius 1 is 1.50 bits per heavy atom. The Kier molecular flexibility index (Phi) is 5.29. The lowest BCUT2D eigenvalue weighted by atomic mass is 10.1. The monoisotopic (exact) mass is 279 g/mol. The number of hydrogen-bond donors (Lipinski definition) is 0. The van der Waals surface area contributed by atoms with Crippen molar-refractivity contribution in [2.45, 2.75) is 31.8 Å². The molecular weight excluding hydrogens is 258 g/mol. The number of methoxy groups -OCH3 is 1. The zero-order valence-corrected chi connectivity index (χ0v) is 12.0. The van der Waals surface area contributed by atoms with Crippen molar-refractivity contribution < 1.29 is 14.3 Å². The van der Waals surface area contributed by atoms with Crippen LogP contribution in [0.15, 0.2) is 12.4 Å². The number of hydrogen-bond acceptors (Lipinski definition) is 5. The molecule has 2 rings (SSSR count). The van der Waals surface area contributed by atoms with E-state index in [0.29, 0.717) is 18.2 Å². The highest BCUT2D eigenvalue weighted by Crippen LogP contribution is 2.17. The van der Waals surface area contributed by atoms with E-state index in [1.165, 1.54) is 19.5 Å². The van der Waals surface area contributed by atoms with Crippen LogP contribution >= 0.6 is 0 Å². The van der Waals surface area contributed by atoms with Gasteiger partial charge in [-0.3, -0.25) is 4.79 Å². The van der Waals surface area contributed by atoms with Gasteiger partial charge < -0.3 is 14.4 Å². The van der Waals surface area contributed by atoms with E-state index in [1.807, 2.05) is 0 Å². The maximum atomic E-state index is 12.1. The van der Waals surface area contributed by atoms with E-state index in [9.17, 15) is 4.79 Å². The van der Waals surface area contributed by atoms with Crippen molar-refractivity contribution in [3.63, 3.8) is 0 Å². The van der Waals surface area contributed by atoms with Gasteiger partial charge in [0.15, 0.2) is 0 Å². The molecule has 2 heterocycles. The van der Waals surface area contributed by atoms with E-state index < -0.39 is 0 Å². The molecule has 0 unspecified atom stereocenters. The Morgan fingerprint density at radius 2 is 2.25 bits per heavy atom. The van der Waals surface area contributed by atoms with Crippen LogP contribution in [0.3, 0.4) is 0 Å². The van der Waals surface area contributed by atoms with E-state index in [1.54, 1.807) is 11.9 Å². The van der Waals surface area contributed by atoms with Gasteiger partial charge in [0.05, 0.1) is 18.8 Å². The van der Waals surface area contributed by atoms with E-state index in [0.717, 1.165) is 32.3 Å². The van der Waals surface area contributed by atoms with Crippen molar-refractivity contribution >= 4 is 5.91 Å². The van der Waals surface area contributed by atoms with Gasteiger partial charge in [-0.1, -0.05) is 0 Å². The number of carbonyl (C=O) groups is 1. The summed E-state index contributed by atoms with van der Waals surface area (Å²) in [5, 5.41) is 0. The van der Waals surface area contributed by atoms with Gasteiger partial charge in [-0.15, -0.1) is 0 Å². The standard InChI is InChI=1S/C14H21N3O3/c1-17(7-3-5-12-6-4-8-20-12)13(18)11-9-15-14(19-2)16-10-11/h9-10,12H,3-8H2,1-2H3/t12-/m0/s1. The molecule has 1 aromatic heterocycles. The van der Waals surface area contributed by atoms with Crippen LogP contribution in [0.5, 0.6) is 6.01 Å². The third kappa shape index (κ3) is 3.90. The maximum Gasteiger partial charge on any atom is 0.316 e. The lowest BCUT2D eigenvalue weighted by Crippen LogP contribution is -2.28. The first kappa shape index (κ1) is 14.7. The van der Waals surface area contributed by atoms with Crippen LogP contribution in [0.1, 0.15) is 36.0 Å². The number of aromatic nitrogens is 2. The van der Waals surface area contributed by atoms with E-state index >= 15 is 0 Å². The van der Waals surface area contributed by atoms with Crippen LogP contribution in [0, 0.1) is 0 Å². The first-order chi connectivity index (χ1) is 9.70. The molecule has 1 amide bonds. The van der Waals surface area contributed by atoms with Gasteiger partial charge in [-0.05, 0) is 25.7 Å². The smallest absolute Gasteiger partial charge is 0.316 e. The van der Waals surface area contributed by atoms with Gasteiger partial charge in [0.1, 0.15) is 0 Å². The molecule has 0 saturated carbocycles. The summed E-state index contributed by atoms with van der Waals surface area (Å²) >= 11 is 0. The third-order valence-electron chi connectivity index (χ3n) is 3.45. The number of rotatable bonds is 6. The Morgan fingerprint density at radius 3 is 2.85 bits per heavy atom. The number of carbonyl (C=O) groups excluding carboxylic acids is 1. The molecule has 110 valence electrons. The van der Waals surface area contributed by atoms with Gasteiger partial charge >= 0.3 is 6.01 Å². The molecule has 6 heteroatoms. The second-order valence-corrected chi connectivity index (χ2v) is 4.96. The summed E-state index contributed by atoms with van der Waals surface area (Å²) in [4.78, 5) is 21.7. The largest absolute Gasteiger partial charge is 0.467 e. The highest BCUT2D eigenvalue weighted by atomic mass is 16.5. The second-order valence-electron chi connectivity index (χ2n) is 4.96. The number of nitrogens with zero attached hydrogens (tertiary/aromatic N) is 3. The molecule has 1 aliphatic heterocycles. The van der Waals surface area contributed by atoms with Crippen molar-refractivity contribution in [2.75, 3.05) is 27.3 Å². The highest BCUT2D eigenvalue weighted by Gasteiger charge is 2.17. The maximum absolute atomic E-state index is 12.1. The summed E-state index contributed by atoms with van der Waals surface area (Å²) in [6.45, 7) is 1.59. The molecule has 20 heavy (non-hydrogen) atoms. The fraction of sp³-hybridized carbons (Fsp3) is 0.643. The topological polar surface area (TPSA) is 64.5 Å². The highest BCUT2D eigenvalue weighted by molar-refractivity contribution is 5.93. The van der Waals surface area contributed by atoms with Gasteiger partial charge in [-0.2, -0.15) is 0 Å². The lowest BCUT2D eigenvalue weighted by Gasteiger charge is -2.18. The summed E-state index contributed by atoms with van der Waals surface area (Å²) in [6, 6.07) is 0.266. The summed E-state index contributed by atoms with van der Waals surface area (Å²) in [5.41, 5.74) is 0.477. The molecule has 0 N–H and O–H groups in total. The predicted octanol–water partition coefficient (Wildman–Crippen LogP) is 1.52. The Labute approximate surface area is 119 Å². The molecule has 0 radical (unpaired) electrons. The van der Waals surface area contributed by atoms with Crippen LogP contribution < -0.4 is 4.74 Å². The van der Waals surface area contributed by atoms with Crippen molar-refractivity contribution in [3.05, 3.63) is 18.0 Å². The molecule has 0 spiro atoms. The number of amides is 1. The van der Waals surface area contributed by atoms with Gasteiger partial charge in [0.25, 0.3) is 5.91 Å². The fourth-order valence-corrected chi connectivity index (χ4v) is 2.28. The number of ether oxygens (including phenoxy) is 2. The zero-order valence-electron chi connectivity index (χ0n) is 12.0. The van der Waals surface area contributed by atoms with Crippen LogP contribution in [0.2, 0.25) is 0 Å². The molecule has 6 nitrogen and oxygen atoms in total. The van der Waals surface area contributed by atoms with Crippen molar-refractivity contribution in [1.29, 1.82) is 0 Å². The van der Waals surface area contributed by atoms with Crippen LogP contribution in [0.25, 0.3) is 0 Å². The minimum Gasteiger partial charge on any atom is -0.467 e. The quantitative estimate of drug-likeness (QED) is 0.790. The van der Waals surface area contributed by atoms with Gasteiger partial charge in [-0.25, -0.2) is 9.97 Å². The average molecular weight is 279 g/mol. The molecule has 1 fully saturated rings. The van der Waals surface area contributed by atoms with E-state index in [-0.39, 0.29) is 11.9 Å². The Bertz CT molecular complexity index is 430. The predicted molar refractivity (Wildman–Crippen MR) is 73.8 cm³/mol. The summed E-state index contributed by atoms with van der Waals surface area (Å²) < 4.78 is 10.4. The fourth-order valence-electron chi connectivity index (χ4n) is 2.28. The first-order valence-corrected chi connectivity index (χ1v) is 6.94. The van der Waals surface area contributed by atoms with Crippen LogP contribution in [0.4, 0.5) is 0 Å². The third-order valence-corrected chi connectivity index (χ3v) is 3.45. The lowest BCUT2D eigenvalue weighted by molar-refractivity contribution is 0.0762. The SMILES string of the molecule is COc1ncc(C(=O)N(C)CCC[C@H]2CCCO2)cn1. The Balaban J connectivity index is 1.78. The van der Waals surface area contributed by atoms with E-state index in [4.69, 9.17) is 9.47 Å². The molecule has 1 saturated heterocycles. The zero-order chi connectivity index (χ0) is 14.4. The first-order valence-electron chi connectivity index (χ1n) is 6.94. The minimum atomic E-state index is -0.0695. The van der Waals surface area contributed by atoms with Gasteiger partial charge in [0, 0.05) is 32.6 Å². The van der Waals surface area contributed by atoms with Crippen LogP contribution in [-0.4, -0.2) is 54.2 Å². The van der Waals surface area contributed by atoms with Crippen molar-refractivity contribution in [2.24, 2.45) is 0 Å².